The fraction of sp³-hybridized carbons (Fsp3) is 0.357. The highest BCUT2D eigenvalue weighted by Gasteiger charge is 2.31. The summed E-state index contributed by atoms with van der Waals surface area (Å²) in [6.45, 7) is 4.55. The van der Waals surface area contributed by atoms with Crippen molar-refractivity contribution in [2.45, 2.75) is 10.9 Å². The fourth-order valence-corrected chi connectivity index (χ4v) is 2.66. The summed E-state index contributed by atoms with van der Waals surface area (Å²) in [6, 6.07) is 7.51. The van der Waals surface area contributed by atoms with Gasteiger partial charge in [0.25, 0.3) is 0 Å². The zero-order chi connectivity index (χ0) is 13.7. The minimum Gasteiger partial charge on any atom is -0.379 e. The zero-order valence-corrected chi connectivity index (χ0v) is 11.5. The summed E-state index contributed by atoms with van der Waals surface area (Å²) in [5.74, 6) is 0.466. The van der Waals surface area contributed by atoms with Crippen LogP contribution < -0.4 is 11.1 Å². The molecule has 1 aromatic rings. The van der Waals surface area contributed by atoms with Gasteiger partial charge in [0.15, 0.2) is 0 Å². The second-order valence-corrected chi connectivity index (χ2v) is 5.45. The third-order valence-electron chi connectivity index (χ3n) is 2.96. The largest absolute Gasteiger partial charge is 0.379 e. The van der Waals surface area contributed by atoms with Gasteiger partial charge in [0.05, 0.1) is 24.8 Å². The minimum absolute atomic E-state index is 0.0725. The average molecular weight is 278 g/mol. The summed E-state index contributed by atoms with van der Waals surface area (Å²) in [6.07, 6.45) is 1.84. The number of nitrogens with two attached hydrogens (primary N) is 1. The van der Waals surface area contributed by atoms with Crippen molar-refractivity contribution >= 4 is 23.4 Å². The topological polar surface area (TPSA) is 64.3 Å². The van der Waals surface area contributed by atoms with E-state index in [2.05, 4.69) is 11.9 Å². The lowest BCUT2D eigenvalue weighted by Gasteiger charge is -2.15. The van der Waals surface area contributed by atoms with Crippen LogP contribution in [0.25, 0.3) is 0 Å². The number of hydrogen-bond donors (Lipinski definition) is 2. The van der Waals surface area contributed by atoms with Crippen LogP contribution in [0.3, 0.4) is 0 Å². The van der Waals surface area contributed by atoms with E-state index in [9.17, 15) is 4.79 Å². The molecule has 0 radical (unpaired) electrons. The Balaban J connectivity index is 2.05. The summed E-state index contributed by atoms with van der Waals surface area (Å²) < 4.78 is 5.22. The molecule has 1 aromatic carbocycles. The summed E-state index contributed by atoms with van der Waals surface area (Å²) in [4.78, 5) is 13.2. The van der Waals surface area contributed by atoms with Crippen LogP contribution in [0.1, 0.15) is 0 Å². The maximum Gasteiger partial charge on any atom is 0.231 e. The molecular formula is C14H18N2O2S. The van der Waals surface area contributed by atoms with Crippen LogP contribution >= 0.6 is 11.8 Å². The highest BCUT2D eigenvalue weighted by molar-refractivity contribution is 7.99. The molecule has 4 nitrogen and oxygen atoms in total. The molecule has 19 heavy (non-hydrogen) atoms. The van der Waals surface area contributed by atoms with Crippen molar-refractivity contribution in [2.24, 2.45) is 11.7 Å². The van der Waals surface area contributed by atoms with E-state index in [1.54, 1.807) is 11.8 Å². The molecule has 0 aliphatic carbocycles. The molecule has 0 aromatic heterocycles. The summed E-state index contributed by atoms with van der Waals surface area (Å²) in [5.41, 5.74) is 6.67. The van der Waals surface area contributed by atoms with Crippen molar-refractivity contribution in [3.63, 3.8) is 0 Å². The maximum atomic E-state index is 12.2. The number of benzene rings is 1. The van der Waals surface area contributed by atoms with Crippen molar-refractivity contribution in [2.75, 3.05) is 24.3 Å². The van der Waals surface area contributed by atoms with E-state index in [-0.39, 0.29) is 17.9 Å². The Morgan fingerprint density at radius 2 is 2.32 bits per heavy atom. The number of nitrogens with one attached hydrogen (secondary N) is 1. The standard InChI is InChI=1S/C14H18N2O2S/c1-2-7-19-13-6-4-3-5-12(13)16-14(17)10-8-18-9-11(10)15/h2-6,10-11H,1,7-9,15H2,(H,16,17). The molecule has 5 heteroatoms. The number of hydrogen-bond acceptors (Lipinski definition) is 4. The van der Waals surface area contributed by atoms with Gasteiger partial charge in [0, 0.05) is 16.7 Å². The maximum absolute atomic E-state index is 12.2. The first-order valence-electron chi connectivity index (χ1n) is 6.19. The fourth-order valence-electron chi connectivity index (χ4n) is 1.91. The SMILES string of the molecule is C=CCSc1ccccc1NC(=O)C1COCC1N. The highest BCUT2D eigenvalue weighted by atomic mass is 32.2. The van der Waals surface area contributed by atoms with E-state index in [0.717, 1.165) is 16.3 Å². The van der Waals surface area contributed by atoms with E-state index in [0.29, 0.717) is 13.2 Å². The Hall–Kier alpha value is -1.30. The second kappa shape index (κ2) is 6.75. The summed E-state index contributed by atoms with van der Waals surface area (Å²) in [7, 11) is 0. The molecule has 1 amide bonds. The number of carbonyl (C=O) groups is 1. The summed E-state index contributed by atoms with van der Waals surface area (Å²) in [5, 5.41) is 2.94. The highest BCUT2D eigenvalue weighted by Crippen LogP contribution is 2.27. The molecule has 1 aliphatic rings. The van der Waals surface area contributed by atoms with Gasteiger partial charge in [-0.2, -0.15) is 0 Å². The molecule has 2 unspecified atom stereocenters. The van der Waals surface area contributed by atoms with Crippen LogP contribution in [0.15, 0.2) is 41.8 Å². The van der Waals surface area contributed by atoms with Gasteiger partial charge < -0.3 is 15.8 Å². The number of amides is 1. The predicted molar refractivity (Wildman–Crippen MR) is 78.3 cm³/mol. The molecule has 1 aliphatic heterocycles. The third-order valence-corrected chi connectivity index (χ3v) is 4.03. The van der Waals surface area contributed by atoms with Gasteiger partial charge in [0.1, 0.15) is 0 Å². The smallest absolute Gasteiger partial charge is 0.231 e. The second-order valence-electron chi connectivity index (χ2n) is 4.39. The Bertz CT molecular complexity index is 465. The van der Waals surface area contributed by atoms with Crippen LogP contribution in [0.5, 0.6) is 0 Å². The molecule has 102 valence electrons. The number of ether oxygens (including phenoxy) is 1. The van der Waals surface area contributed by atoms with Gasteiger partial charge in [-0.15, -0.1) is 18.3 Å². The molecular weight excluding hydrogens is 260 g/mol. The van der Waals surface area contributed by atoms with Crippen LogP contribution in [-0.4, -0.2) is 30.9 Å². The first kappa shape index (κ1) is 14.1. The molecule has 0 saturated carbocycles. The van der Waals surface area contributed by atoms with E-state index < -0.39 is 0 Å². The van der Waals surface area contributed by atoms with Gasteiger partial charge in [-0.25, -0.2) is 0 Å². The predicted octanol–water partition coefficient (Wildman–Crippen LogP) is 1.88. The molecule has 1 saturated heterocycles. The van der Waals surface area contributed by atoms with Crippen LogP contribution in [-0.2, 0) is 9.53 Å². The lowest BCUT2D eigenvalue weighted by atomic mass is 10.0. The first-order chi connectivity index (χ1) is 9.22. The molecule has 2 atom stereocenters. The van der Waals surface area contributed by atoms with Crippen LogP contribution in [0, 0.1) is 5.92 Å². The molecule has 1 fully saturated rings. The molecule has 2 rings (SSSR count). The first-order valence-corrected chi connectivity index (χ1v) is 7.18. The van der Waals surface area contributed by atoms with Crippen molar-refractivity contribution in [3.05, 3.63) is 36.9 Å². The van der Waals surface area contributed by atoms with Gasteiger partial charge in [-0.3, -0.25) is 4.79 Å². The monoisotopic (exact) mass is 278 g/mol. The molecule has 0 bridgehead atoms. The van der Waals surface area contributed by atoms with Gasteiger partial charge in [-0.1, -0.05) is 18.2 Å². The zero-order valence-electron chi connectivity index (χ0n) is 10.7. The van der Waals surface area contributed by atoms with E-state index >= 15 is 0 Å². The van der Waals surface area contributed by atoms with E-state index in [1.807, 2.05) is 30.3 Å². The van der Waals surface area contributed by atoms with E-state index in [4.69, 9.17) is 10.5 Å². The normalized spacial score (nSPS) is 22.2. The number of thioether (sulfide) groups is 1. The quantitative estimate of drug-likeness (QED) is 0.637. The van der Waals surface area contributed by atoms with Gasteiger partial charge >= 0.3 is 0 Å². The Morgan fingerprint density at radius 3 is 3.00 bits per heavy atom. The Kier molecular flexibility index (Phi) is 5.01. The van der Waals surface area contributed by atoms with Crippen LogP contribution in [0.2, 0.25) is 0 Å². The van der Waals surface area contributed by atoms with Crippen molar-refractivity contribution in [3.8, 4) is 0 Å². The van der Waals surface area contributed by atoms with Gasteiger partial charge in [-0.05, 0) is 12.1 Å². The Labute approximate surface area is 117 Å². The Morgan fingerprint density at radius 1 is 1.53 bits per heavy atom. The number of para-hydroxylation sites is 1. The van der Waals surface area contributed by atoms with Crippen molar-refractivity contribution in [1.82, 2.24) is 0 Å². The van der Waals surface area contributed by atoms with Crippen molar-refractivity contribution < 1.29 is 9.53 Å². The van der Waals surface area contributed by atoms with Crippen molar-refractivity contribution in [1.29, 1.82) is 0 Å². The lowest BCUT2D eigenvalue weighted by molar-refractivity contribution is -0.120. The summed E-state index contributed by atoms with van der Waals surface area (Å²) >= 11 is 1.64. The number of rotatable bonds is 5. The van der Waals surface area contributed by atoms with E-state index in [1.165, 1.54) is 0 Å². The third kappa shape index (κ3) is 3.59. The van der Waals surface area contributed by atoms with Gasteiger partial charge in [0.2, 0.25) is 5.91 Å². The average Bonchev–Trinajstić information content (AvgIpc) is 2.84. The molecule has 3 N–H and O–H groups in total. The number of anilines is 1. The molecule has 0 spiro atoms. The number of carbonyl (C=O) groups excluding carboxylic acids is 1. The van der Waals surface area contributed by atoms with Crippen LogP contribution in [0.4, 0.5) is 5.69 Å². The minimum atomic E-state index is -0.266. The molecule has 1 heterocycles. The lowest BCUT2D eigenvalue weighted by Crippen LogP contribution is -2.37.